The Hall–Kier alpha value is -2.68. The van der Waals surface area contributed by atoms with Crippen LogP contribution in [0.25, 0.3) is 6.08 Å². The van der Waals surface area contributed by atoms with Crippen LogP contribution >= 0.6 is 23.2 Å². The van der Waals surface area contributed by atoms with E-state index in [1.54, 1.807) is 18.2 Å². The van der Waals surface area contributed by atoms with Gasteiger partial charge in [-0.2, -0.15) is 5.26 Å². The predicted octanol–water partition coefficient (Wildman–Crippen LogP) is 5.26. The van der Waals surface area contributed by atoms with Gasteiger partial charge in [-0.05, 0) is 50.3 Å². The number of hydrogen-bond donors (Lipinski definition) is 1. The number of ether oxygens (including phenoxy) is 2. The van der Waals surface area contributed by atoms with Crippen molar-refractivity contribution in [3.8, 4) is 17.6 Å². The normalized spacial score (nSPS) is 15.4. The first-order valence-corrected chi connectivity index (χ1v) is 9.51. The average Bonchev–Trinajstić information content (AvgIpc) is 3.01. The second-order valence-corrected chi connectivity index (χ2v) is 7.16. The van der Waals surface area contributed by atoms with Crippen molar-refractivity contribution in [2.75, 3.05) is 11.9 Å². The SMILES string of the molecule is CCOc1cc2c(cc1/C=C(\C#N)C(=O)Nc1ccc(Cl)cc1Cl)OC(C)C2. The molecule has 1 amide bonds. The van der Waals surface area contributed by atoms with Crippen LogP contribution in [-0.4, -0.2) is 18.6 Å². The number of nitrogens with zero attached hydrogens (tertiary/aromatic N) is 1. The molecular weight excluding hydrogens is 399 g/mol. The number of anilines is 1. The maximum Gasteiger partial charge on any atom is 0.266 e. The molecule has 0 radical (unpaired) electrons. The van der Waals surface area contributed by atoms with E-state index >= 15 is 0 Å². The topological polar surface area (TPSA) is 71.3 Å². The Balaban J connectivity index is 1.92. The molecular formula is C21H18Cl2N2O3. The highest BCUT2D eigenvalue weighted by atomic mass is 35.5. The zero-order chi connectivity index (χ0) is 20.3. The summed E-state index contributed by atoms with van der Waals surface area (Å²) in [5.41, 5.74) is 1.93. The zero-order valence-corrected chi connectivity index (χ0v) is 16.9. The third kappa shape index (κ3) is 4.41. The zero-order valence-electron chi connectivity index (χ0n) is 15.4. The highest BCUT2D eigenvalue weighted by molar-refractivity contribution is 6.36. The molecule has 0 saturated carbocycles. The molecule has 0 fully saturated rings. The van der Waals surface area contributed by atoms with Gasteiger partial charge in [0.15, 0.2) is 0 Å². The Labute approximate surface area is 173 Å². The fourth-order valence-corrected chi connectivity index (χ4v) is 3.39. The van der Waals surface area contributed by atoms with Gasteiger partial charge in [0, 0.05) is 22.6 Å². The summed E-state index contributed by atoms with van der Waals surface area (Å²) in [6.45, 7) is 4.32. The van der Waals surface area contributed by atoms with Gasteiger partial charge in [-0.25, -0.2) is 0 Å². The number of halogens is 2. The molecule has 2 aromatic carbocycles. The maximum absolute atomic E-state index is 12.6. The lowest BCUT2D eigenvalue weighted by molar-refractivity contribution is -0.112. The molecule has 5 nitrogen and oxygen atoms in total. The lowest BCUT2D eigenvalue weighted by atomic mass is 10.0. The molecule has 1 aliphatic rings. The van der Waals surface area contributed by atoms with Crippen LogP contribution < -0.4 is 14.8 Å². The van der Waals surface area contributed by atoms with E-state index < -0.39 is 5.91 Å². The van der Waals surface area contributed by atoms with E-state index in [0.29, 0.717) is 28.6 Å². The molecule has 1 atom stereocenters. The molecule has 1 N–H and O–H groups in total. The van der Waals surface area contributed by atoms with Crippen LogP contribution in [0.15, 0.2) is 35.9 Å². The van der Waals surface area contributed by atoms with E-state index in [0.717, 1.165) is 17.7 Å². The van der Waals surface area contributed by atoms with Crippen LogP contribution in [0.4, 0.5) is 5.69 Å². The summed E-state index contributed by atoms with van der Waals surface area (Å²) in [6, 6.07) is 10.3. The van der Waals surface area contributed by atoms with E-state index in [1.165, 1.54) is 12.1 Å². The number of hydrogen-bond acceptors (Lipinski definition) is 4. The summed E-state index contributed by atoms with van der Waals surface area (Å²) < 4.78 is 11.5. The number of rotatable bonds is 5. The van der Waals surface area contributed by atoms with Crippen molar-refractivity contribution in [1.82, 2.24) is 0 Å². The number of nitrogens with one attached hydrogen (secondary N) is 1. The summed E-state index contributed by atoms with van der Waals surface area (Å²) in [4.78, 5) is 12.6. The molecule has 0 aliphatic carbocycles. The minimum Gasteiger partial charge on any atom is -0.493 e. The molecule has 28 heavy (non-hydrogen) atoms. The summed E-state index contributed by atoms with van der Waals surface area (Å²) in [6.07, 6.45) is 2.35. The Kier molecular flexibility index (Phi) is 6.13. The second-order valence-electron chi connectivity index (χ2n) is 6.31. The first kappa shape index (κ1) is 20.1. The molecule has 2 aromatic rings. The van der Waals surface area contributed by atoms with Gasteiger partial charge in [0.1, 0.15) is 29.2 Å². The van der Waals surface area contributed by atoms with E-state index in [1.807, 2.05) is 26.0 Å². The summed E-state index contributed by atoms with van der Waals surface area (Å²) in [5, 5.41) is 12.9. The van der Waals surface area contributed by atoms with E-state index in [9.17, 15) is 10.1 Å². The molecule has 3 rings (SSSR count). The van der Waals surface area contributed by atoms with Crippen LogP contribution in [0.3, 0.4) is 0 Å². The highest BCUT2D eigenvalue weighted by Gasteiger charge is 2.22. The van der Waals surface area contributed by atoms with Crippen LogP contribution in [-0.2, 0) is 11.2 Å². The summed E-state index contributed by atoms with van der Waals surface area (Å²) in [7, 11) is 0. The average molecular weight is 417 g/mol. The van der Waals surface area contributed by atoms with Gasteiger partial charge in [-0.15, -0.1) is 0 Å². The maximum atomic E-state index is 12.6. The minimum atomic E-state index is -0.580. The van der Waals surface area contributed by atoms with Crippen LogP contribution in [0.5, 0.6) is 11.5 Å². The van der Waals surface area contributed by atoms with Gasteiger partial charge in [-0.1, -0.05) is 23.2 Å². The van der Waals surface area contributed by atoms with Gasteiger partial charge in [0.25, 0.3) is 5.91 Å². The highest BCUT2D eigenvalue weighted by Crippen LogP contribution is 2.36. The van der Waals surface area contributed by atoms with E-state index in [-0.39, 0.29) is 16.7 Å². The number of amides is 1. The van der Waals surface area contributed by atoms with Crippen LogP contribution in [0, 0.1) is 11.3 Å². The van der Waals surface area contributed by atoms with Crippen molar-refractivity contribution >= 4 is 40.9 Å². The molecule has 0 spiro atoms. The number of nitriles is 1. The van der Waals surface area contributed by atoms with E-state index in [4.69, 9.17) is 32.7 Å². The van der Waals surface area contributed by atoms with Gasteiger partial charge in [-0.3, -0.25) is 4.79 Å². The largest absolute Gasteiger partial charge is 0.493 e. The van der Waals surface area contributed by atoms with Crippen molar-refractivity contribution in [2.45, 2.75) is 26.4 Å². The summed E-state index contributed by atoms with van der Waals surface area (Å²) in [5.74, 6) is 0.758. The number of fused-ring (bicyclic) bond motifs is 1. The molecule has 1 unspecified atom stereocenters. The molecule has 144 valence electrons. The summed E-state index contributed by atoms with van der Waals surface area (Å²) >= 11 is 12.0. The van der Waals surface area contributed by atoms with Crippen molar-refractivity contribution in [3.63, 3.8) is 0 Å². The first-order valence-electron chi connectivity index (χ1n) is 8.75. The molecule has 0 bridgehead atoms. The molecule has 0 saturated heterocycles. The van der Waals surface area contributed by atoms with Crippen molar-refractivity contribution < 1.29 is 14.3 Å². The van der Waals surface area contributed by atoms with Gasteiger partial charge < -0.3 is 14.8 Å². The molecule has 1 heterocycles. The van der Waals surface area contributed by atoms with Crippen LogP contribution in [0.1, 0.15) is 25.0 Å². The van der Waals surface area contributed by atoms with Gasteiger partial charge in [0.05, 0.1) is 17.3 Å². The minimum absolute atomic E-state index is 0.0782. The number of carbonyl (C=O) groups is 1. The number of carbonyl (C=O) groups excluding carboxylic acids is 1. The smallest absolute Gasteiger partial charge is 0.266 e. The third-order valence-electron chi connectivity index (χ3n) is 4.17. The van der Waals surface area contributed by atoms with Crippen LogP contribution in [0.2, 0.25) is 10.0 Å². The monoisotopic (exact) mass is 416 g/mol. The van der Waals surface area contributed by atoms with E-state index in [2.05, 4.69) is 5.32 Å². The lowest BCUT2D eigenvalue weighted by Crippen LogP contribution is -2.13. The fourth-order valence-electron chi connectivity index (χ4n) is 2.93. The predicted molar refractivity (Wildman–Crippen MR) is 110 cm³/mol. The fraction of sp³-hybridized carbons (Fsp3) is 0.238. The van der Waals surface area contributed by atoms with Gasteiger partial charge >= 0.3 is 0 Å². The van der Waals surface area contributed by atoms with Gasteiger partial charge in [0.2, 0.25) is 0 Å². The first-order chi connectivity index (χ1) is 13.4. The Bertz CT molecular complexity index is 996. The third-order valence-corrected chi connectivity index (χ3v) is 4.72. The van der Waals surface area contributed by atoms with Crippen molar-refractivity contribution in [3.05, 3.63) is 57.1 Å². The molecule has 7 heteroatoms. The quantitative estimate of drug-likeness (QED) is 0.532. The molecule has 1 aliphatic heterocycles. The van der Waals surface area contributed by atoms with Crippen molar-refractivity contribution in [1.29, 1.82) is 5.26 Å². The Morgan fingerprint density at radius 1 is 1.39 bits per heavy atom. The number of benzene rings is 2. The van der Waals surface area contributed by atoms with Crippen molar-refractivity contribution in [2.24, 2.45) is 0 Å². The lowest BCUT2D eigenvalue weighted by Gasteiger charge is -2.11. The molecule has 0 aromatic heterocycles. The Morgan fingerprint density at radius 2 is 2.18 bits per heavy atom. The second kappa shape index (κ2) is 8.55. The Morgan fingerprint density at radius 3 is 2.86 bits per heavy atom. The standard InChI is InChI=1S/C21H18Cl2N2O3/c1-3-27-19-8-13-6-12(2)28-20(13)9-14(19)7-15(11-24)21(26)25-18-5-4-16(22)10-17(18)23/h4-5,7-10,12H,3,6H2,1-2H3,(H,25,26)/b15-7+.